The van der Waals surface area contributed by atoms with E-state index in [-0.39, 0.29) is 0 Å². The van der Waals surface area contributed by atoms with E-state index in [1.165, 1.54) is 12.1 Å². The number of benzene rings is 1. The summed E-state index contributed by atoms with van der Waals surface area (Å²) in [6.45, 7) is 5.61. The summed E-state index contributed by atoms with van der Waals surface area (Å²) in [5, 5.41) is 6.27. The zero-order valence-corrected chi connectivity index (χ0v) is 11.6. The van der Waals surface area contributed by atoms with E-state index < -0.39 is 11.6 Å². The van der Waals surface area contributed by atoms with E-state index in [1.54, 1.807) is 7.05 Å². The minimum Gasteiger partial charge on any atom is -0.356 e. The number of guanidine groups is 1. The van der Waals surface area contributed by atoms with Gasteiger partial charge in [-0.15, -0.1) is 0 Å². The molecule has 0 unspecified atom stereocenters. The Morgan fingerprint density at radius 1 is 1.16 bits per heavy atom. The molecule has 0 spiro atoms. The molecule has 0 aliphatic rings. The second kappa shape index (κ2) is 7.71. The fourth-order valence-corrected chi connectivity index (χ4v) is 1.60. The first-order valence-corrected chi connectivity index (χ1v) is 6.40. The highest BCUT2D eigenvalue weighted by atomic mass is 19.1. The van der Waals surface area contributed by atoms with Crippen molar-refractivity contribution in [3.63, 3.8) is 0 Å². The third-order valence-corrected chi connectivity index (χ3v) is 2.53. The fraction of sp³-hybridized carbons (Fsp3) is 0.500. The summed E-state index contributed by atoms with van der Waals surface area (Å²) < 4.78 is 26.0. The number of rotatable bonds is 5. The van der Waals surface area contributed by atoms with Crippen LogP contribution >= 0.6 is 0 Å². The molecule has 0 atom stereocenters. The molecule has 0 amide bonds. The number of aliphatic imine (C=N–C) groups is 1. The Kier molecular flexibility index (Phi) is 6.25. The van der Waals surface area contributed by atoms with Crippen LogP contribution in [0.4, 0.5) is 8.78 Å². The van der Waals surface area contributed by atoms with Crippen molar-refractivity contribution in [2.24, 2.45) is 10.9 Å². The Hall–Kier alpha value is -1.65. The highest BCUT2D eigenvalue weighted by molar-refractivity contribution is 5.79. The SMILES string of the molecule is CN=C(NCCc1cc(F)cc(F)c1)NCC(C)C. The first-order chi connectivity index (χ1) is 9.01. The summed E-state index contributed by atoms with van der Waals surface area (Å²) in [4.78, 5) is 4.07. The van der Waals surface area contributed by atoms with E-state index in [0.29, 0.717) is 30.4 Å². The minimum absolute atomic E-state index is 0.524. The first-order valence-electron chi connectivity index (χ1n) is 6.40. The second-order valence-corrected chi connectivity index (χ2v) is 4.80. The predicted molar refractivity (Wildman–Crippen MR) is 74.3 cm³/mol. The normalized spacial score (nSPS) is 11.8. The van der Waals surface area contributed by atoms with Crippen LogP contribution in [-0.2, 0) is 6.42 Å². The lowest BCUT2D eigenvalue weighted by molar-refractivity contribution is 0.579. The van der Waals surface area contributed by atoms with Crippen LogP contribution in [0.25, 0.3) is 0 Å². The molecule has 0 heterocycles. The monoisotopic (exact) mass is 269 g/mol. The lowest BCUT2D eigenvalue weighted by Gasteiger charge is -2.13. The summed E-state index contributed by atoms with van der Waals surface area (Å²) in [5.74, 6) is 0.135. The molecule has 0 aromatic heterocycles. The molecule has 3 nitrogen and oxygen atoms in total. The number of hydrogen-bond acceptors (Lipinski definition) is 1. The summed E-state index contributed by atoms with van der Waals surface area (Å²) in [7, 11) is 1.69. The molecule has 19 heavy (non-hydrogen) atoms. The van der Waals surface area contributed by atoms with Gasteiger partial charge in [-0.1, -0.05) is 13.8 Å². The number of nitrogens with one attached hydrogen (secondary N) is 2. The van der Waals surface area contributed by atoms with Gasteiger partial charge in [0, 0.05) is 26.2 Å². The molecule has 1 aromatic rings. The maximum Gasteiger partial charge on any atom is 0.190 e. The van der Waals surface area contributed by atoms with Gasteiger partial charge in [0.2, 0.25) is 0 Å². The van der Waals surface area contributed by atoms with E-state index in [2.05, 4.69) is 29.5 Å². The van der Waals surface area contributed by atoms with Crippen molar-refractivity contribution >= 4 is 5.96 Å². The van der Waals surface area contributed by atoms with Crippen LogP contribution in [0.3, 0.4) is 0 Å². The van der Waals surface area contributed by atoms with E-state index in [0.717, 1.165) is 12.6 Å². The molecule has 5 heteroatoms. The average Bonchev–Trinajstić information content (AvgIpc) is 2.32. The molecule has 2 N–H and O–H groups in total. The third kappa shape index (κ3) is 6.18. The Morgan fingerprint density at radius 3 is 2.32 bits per heavy atom. The van der Waals surface area contributed by atoms with Gasteiger partial charge >= 0.3 is 0 Å². The van der Waals surface area contributed by atoms with Crippen molar-refractivity contribution in [1.29, 1.82) is 0 Å². The van der Waals surface area contributed by atoms with Gasteiger partial charge in [0.05, 0.1) is 0 Å². The molecule has 0 saturated heterocycles. The Balaban J connectivity index is 2.40. The van der Waals surface area contributed by atoms with E-state index in [1.807, 2.05) is 0 Å². The second-order valence-electron chi connectivity index (χ2n) is 4.80. The lowest BCUT2D eigenvalue weighted by atomic mass is 10.1. The first kappa shape index (κ1) is 15.4. The van der Waals surface area contributed by atoms with Crippen LogP contribution < -0.4 is 10.6 Å². The van der Waals surface area contributed by atoms with Crippen LogP contribution in [0.1, 0.15) is 19.4 Å². The van der Waals surface area contributed by atoms with Gasteiger partial charge in [-0.25, -0.2) is 8.78 Å². The Labute approximate surface area is 113 Å². The minimum atomic E-state index is -0.544. The van der Waals surface area contributed by atoms with Gasteiger partial charge in [0.15, 0.2) is 5.96 Å². The molecule has 0 saturated carbocycles. The fourth-order valence-electron chi connectivity index (χ4n) is 1.60. The molecule has 0 fully saturated rings. The van der Waals surface area contributed by atoms with Gasteiger partial charge in [-0.2, -0.15) is 0 Å². The van der Waals surface area contributed by atoms with E-state index in [4.69, 9.17) is 0 Å². The molecule has 1 rings (SSSR count). The highest BCUT2D eigenvalue weighted by Gasteiger charge is 2.02. The van der Waals surface area contributed by atoms with Crippen LogP contribution in [0, 0.1) is 17.6 Å². The van der Waals surface area contributed by atoms with Gasteiger partial charge < -0.3 is 10.6 Å². The summed E-state index contributed by atoms with van der Waals surface area (Å²) in [6.07, 6.45) is 0.539. The Morgan fingerprint density at radius 2 is 1.79 bits per heavy atom. The molecular formula is C14H21F2N3. The lowest BCUT2D eigenvalue weighted by Crippen LogP contribution is -2.39. The van der Waals surface area contributed by atoms with Crippen LogP contribution in [0.15, 0.2) is 23.2 Å². The molecule has 0 aliphatic carbocycles. The topological polar surface area (TPSA) is 36.4 Å². The maximum absolute atomic E-state index is 13.0. The van der Waals surface area contributed by atoms with E-state index in [9.17, 15) is 8.78 Å². The smallest absolute Gasteiger partial charge is 0.190 e. The molecular weight excluding hydrogens is 248 g/mol. The van der Waals surface area contributed by atoms with Crippen molar-refractivity contribution < 1.29 is 8.78 Å². The van der Waals surface area contributed by atoms with Gasteiger partial charge in [-0.05, 0) is 30.0 Å². The zero-order chi connectivity index (χ0) is 14.3. The molecule has 0 bridgehead atoms. The predicted octanol–water partition coefficient (Wildman–Crippen LogP) is 2.33. The Bertz CT molecular complexity index is 410. The van der Waals surface area contributed by atoms with Crippen LogP contribution in [-0.4, -0.2) is 26.1 Å². The van der Waals surface area contributed by atoms with Crippen molar-refractivity contribution in [3.05, 3.63) is 35.4 Å². The summed E-state index contributed by atoms with van der Waals surface area (Å²) in [6, 6.07) is 3.56. The summed E-state index contributed by atoms with van der Waals surface area (Å²) in [5.41, 5.74) is 0.629. The zero-order valence-electron chi connectivity index (χ0n) is 11.6. The standard InChI is InChI=1S/C14H21F2N3/c1-10(2)9-19-14(17-3)18-5-4-11-6-12(15)8-13(16)7-11/h6-8,10H,4-5,9H2,1-3H3,(H2,17,18,19). The largest absolute Gasteiger partial charge is 0.356 e. The van der Waals surface area contributed by atoms with Crippen molar-refractivity contribution in [2.75, 3.05) is 20.1 Å². The molecule has 0 aliphatic heterocycles. The number of halogens is 2. The molecule has 106 valence electrons. The number of nitrogens with zero attached hydrogens (tertiary/aromatic N) is 1. The number of hydrogen-bond donors (Lipinski definition) is 2. The quantitative estimate of drug-likeness (QED) is 0.636. The van der Waals surface area contributed by atoms with Gasteiger partial charge in [0.25, 0.3) is 0 Å². The third-order valence-electron chi connectivity index (χ3n) is 2.53. The van der Waals surface area contributed by atoms with Crippen LogP contribution in [0.2, 0.25) is 0 Å². The van der Waals surface area contributed by atoms with Crippen molar-refractivity contribution in [3.8, 4) is 0 Å². The maximum atomic E-state index is 13.0. The van der Waals surface area contributed by atoms with Gasteiger partial charge in [0.1, 0.15) is 11.6 Å². The highest BCUT2D eigenvalue weighted by Crippen LogP contribution is 2.07. The van der Waals surface area contributed by atoms with Gasteiger partial charge in [-0.3, -0.25) is 4.99 Å². The average molecular weight is 269 g/mol. The van der Waals surface area contributed by atoms with E-state index >= 15 is 0 Å². The van der Waals surface area contributed by atoms with Crippen LogP contribution in [0.5, 0.6) is 0 Å². The molecule has 1 aromatic carbocycles. The summed E-state index contributed by atoms with van der Waals surface area (Å²) >= 11 is 0. The van der Waals surface area contributed by atoms with Crippen molar-refractivity contribution in [2.45, 2.75) is 20.3 Å². The molecule has 0 radical (unpaired) electrons. The van der Waals surface area contributed by atoms with Crippen molar-refractivity contribution in [1.82, 2.24) is 10.6 Å².